The number of hydrogen-bond acceptors (Lipinski definition) is 4. The van der Waals surface area contributed by atoms with E-state index >= 15 is 0 Å². The predicted molar refractivity (Wildman–Crippen MR) is 88.3 cm³/mol. The summed E-state index contributed by atoms with van der Waals surface area (Å²) in [7, 11) is 0. The molecule has 2 aliphatic rings. The third kappa shape index (κ3) is 2.94. The number of hydrogen-bond donors (Lipinski definition) is 4. The van der Waals surface area contributed by atoms with E-state index in [0.29, 0.717) is 11.1 Å². The smallest absolute Gasteiger partial charge is 0.325 e. The van der Waals surface area contributed by atoms with Crippen molar-refractivity contribution >= 4 is 23.9 Å². The van der Waals surface area contributed by atoms with Gasteiger partial charge < -0.3 is 20.4 Å². The summed E-state index contributed by atoms with van der Waals surface area (Å²) in [5.74, 6) is -6.51. The van der Waals surface area contributed by atoms with Crippen molar-refractivity contribution < 1.29 is 39.6 Å². The lowest BCUT2D eigenvalue weighted by Crippen LogP contribution is -2.41. The summed E-state index contributed by atoms with van der Waals surface area (Å²) in [5.41, 5.74) is -3.24. The fraction of sp³-hybridized carbons (Fsp3) is 0.333. The van der Waals surface area contributed by atoms with Gasteiger partial charge in [0.2, 0.25) is 0 Å². The zero-order valence-electron chi connectivity index (χ0n) is 13.9. The number of carboxylic acids is 4. The molecule has 8 nitrogen and oxygen atoms in total. The largest absolute Gasteiger partial charge is 0.480 e. The number of carbonyl (C=O) groups is 4. The number of rotatable bonds is 6. The quantitative estimate of drug-likeness (QED) is 0.522. The van der Waals surface area contributed by atoms with Crippen LogP contribution in [0.3, 0.4) is 0 Å². The Balaban J connectivity index is 2.34. The van der Waals surface area contributed by atoms with Crippen molar-refractivity contribution in [2.45, 2.75) is 19.8 Å². The van der Waals surface area contributed by atoms with Crippen molar-refractivity contribution in [2.75, 3.05) is 0 Å². The molecule has 138 valence electrons. The highest BCUT2D eigenvalue weighted by Crippen LogP contribution is 2.42. The van der Waals surface area contributed by atoms with Crippen LogP contribution >= 0.6 is 0 Å². The molecule has 0 unspecified atom stereocenters. The van der Waals surface area contributed by atoms with Crippen LogP contribution in [0.4, 0.5) is 0 Å². The lowest BCUT2D eigenvalue weighted by atomic mass is 9.70. The summed E-state index contributed by atoms with van der Waals surface area (Å²) >= 11 is 0. The van der Waals surface area contributed by atoms with Crippen LogP contribution in [0.25, 0.3) is 0 Å². The van der Waals surface area contributed by atoms with Crippen molar-refractivity contribution in [2.24, 2.45) is 16.7 Å². The van der Waals surface area contributed by atoms with Crippen LogP contribution in [-0.2, 0) is 19.2 Å². The fourth-order valence-electron chi connectivity index (χ4n) is 3.16. The Morgan fingerprint density at radius 2 is 1.08 bits per heavy atom. The molecular formula is C18H18O8. The van der Waals surface area contributed by atoms with Gasteiger partial charge in [-0.25, -0.2) is 0 Å². The first-order chi connectivity index (χ1) is 12.1. The van der Waals surface area contributed by atoms with Crippen LogP contribution in [-0.4, -0.2) is 44.3 Å². The summed E-state index contributed by atoms with van der Waals surface area (Å²) in [6.45, 7) is 1.67. The summed E-state index contributed by atoms with van der Waals surface area (Å²) in [4.78, 5) is 46.0. The van der Waals surface area contributed by atoms with E-state index in [0.717, 1.165) is 12.2 Å². The minimum absolute atomic E-state index is 0.288. The highest BCUT2D eigenvalue weighted by Gasteiger charge is 2.49. The molecule has 26 heavy (non-hydrogen) atoms. The van der Waals surface area contributed by atoms with Crippen LogP contribution in [0.1, 0.15) is 19.8 Å². The van der Waals surface area contributed by atoms with Crippen molar-refractivity contribution in [1.82, 2.24) is 0 Å². The van der Waals surface area contributed by atoms with Crippen molar-refractivity contribution in [3.8, 4) is 0 Å². The molecule has 0 fully saturated rings. The maximum atomic E-state index is 11.5. The molecule has 0 saturated heterocycles. The number of aliphatic carboxylic acids is 4. The van der Waals surface area contributed by atoms with Gasteiger partial charge in [0.05, 0.1) is 0 Å². The molecule has 0 amide bonds. The molecule has 0 aromatic heterocycles. The van der Waals surface area contributed by atoms with Gasteiger partial charge in [-0.15, -0.1) is 0 Å². The second-order valence-corrected chi connectivity index (χ2v) is 6.44. The second-order valence-electron chi connectivity index (χ2n) is 6.44. The molecule has 8 heteroatoms. The lowest BCUT2D eigenvalue weighted by Gasteiger charge is -2.32. The van der Waals surface area contributed by atoms with Gasteiger partial charge >= 0.3 is 23.9 Å². The molecule has 0 spiro atoms. The molecule has 4 N–H and O–H groups in total. The lowest BCUT2D eigenvalue weighted by molar-refractivity contribution is -0.162. The van der Waals surface area contributed by atoms with E-state index < -0.39 is 40.6 Å². The van der Waals surface area contributed by atoms with Gasteiger partial charge in [-0.1, -0.05) is 54.5 Å². The Labute approximate surface area is 148 Å². The van der Waals surface area contributed by atoms with E-state index in [1.54, 1.807) is 19.1 Å². The number of carboxylic acid groups (broad SMARTS) is 4. The molecule has 0 atom stereocenters. The van der Waals surface area contributed by atoms with Crippen LogP contribution in [0.2, 0.25) is 0 Å². The second kappa shape index (κ2) is 6.62. The number of allylic oxidation sites excluding steroid dienone is 6. The fourth-order valence-corrected chi connectivity index (χ4v) is 3.16. The zero-order valence-corrected chi connectivity index (χ0v) is 13.9. The highest BCUT2D eigenvalue weighted by molar-refractivity contribution is 6.02. The van der Waals surface area contributed by atoms with Crippen molar-refractivity contribution in [1.29, 1.82) is 0 Å². The summed E-state index contributed by atoms with van der Waals surface area (Å²) in [6.07, 6.45) is 7.47. The average molecular weight is 362 g/mol. The molecule has 2 rings (SSSR count). The molecule has 0 saturated carbocycles. The van der Waals surface area contributed by atoms with Gasteiger partial charge in [-0.3, -0.25) is 19.2 Å². The normalized spacial score (nSPS) is 20.2. The van der Waals surface area contributed by atoms with Crippen LogP contribution in [0.5, 0.6) is 0 Å². The van der Waals surface area contributed by atoms with Crippen molar-refractivity contribution in [3.63, 3.8) is 0 Å². The van der Waals surface area contributed by atoms with Gasteiger partial charge in [0, 0.05) is 0 Å². The Morgan fingerprint density at radius 1 is 0.769 bits per heavy atom. The van der Waals surface area contributed by atoms with Crippen LogP contribution in [0.15, 0.2) is 47.6 Å². The first kappa shape index (κ1) is 19.2. The molecule has 0 heterocycles. The molecular weight excluding hydrogens is 344 g/mol. The van der Waals surface area contributed by atoms with E-state index in [9.17, 15) is 39.6 Å². The highest BCUT2D eigenvalue weighted by atomic mass is 16.4. The topological polar surface area (TPSA) is 149 Å². The van der Waals surface area contributed by atoms with E-state index in [-0.39, 0.29) is 12.8 Å². The molecule has 0 radical (unpaired) electrons. The Kier molecular flexibility index (Phi) is 4.88. The van der Waals surface area contributed by atoms with Crippen LogP contribution in [0, 0.1) is 16.7 Å². The monoisotopic (exact) mass is 362 g/mol. The van der Waals surface area contributed by atoms with Crippen LogP contribution < -0.4 is 0 Å². The maximum Gasteiger partial charge on any atom is 0.325 e. The SMILES string of the molecule is CC(C1=CC=CC(C(=O)O)(C(=O)O)C1)C1=CC=CC(C(=O)O)(C(=O)O)C1. The van der Waals surface area contributed by atoms with E-state index in [1.807, 2.05) is 0 Å². The van der Waals surface area contributed by atoms with Gasteiger partial charge in [0.15, 0.2) is 10.8 Å². The summed E-state index contributed by atoms with van der Waals surface area (Å²) in [5, 5.41) is 37.4. The Morgan fingerprint density at radius 3 is 1.35 bits per heavy atom. The maximum absolute atomic E-state index is 11.5. The van der Waals surface area contributed by atoms with Gasteiger partial charge in [0.25, 0.3) is 0 Å². The standard InChI is InChI=1S/C18H18O8/c1-10(11-4-2-6-17(8-11,13(19)20)14(21)22)12-5-3-7-18(9-12,15(23)24)16(25)26/h2-7,10H,8-9H2,1H3,(H,19,20)(H,21,22)(H,23,24)(H,25,26). The third-order valence-corrected chi connectivity index (χ3v) is 4.99. The zero-order chi connectivity index (χ0) is 19.7. The molecule has 0 aromatic rings. The van der Waals surface area contributed by atoms with Gasteiger partial charge in [-0.05, 0) is 18.8 Å². The Bertz CT molecular complexity index is 702. The molecule has 2 aliphatic carbocycles. The van der Waals surface area contributed by atoms with Gasteiger partial charge in [0.1, 0.15) is 0 Å². The first-order valence-electron chi connectivity index (χ1n) is 7.77. The first-order valence-corrected chi connectivity index (χ1v) is 7.77. The van der Waals surface area contributed by atoms with E-state index in [2.05, 4.69) is 0 Å². The molecule has 0 aliphatic heterocycles. The third-order valence-electron chi connectivity index (χ3n) is 4.99. The summed E-state index contributed by atoms with van der Waals surface area (Å²) in [6, 6.07) is 0. The molecule has 0 bridgehead atoms. The van der Waals surface area contributed by atoms with Gasteiger partial charge in [-0.2, -0.15) is 0 Å². The van der Waals surface area contributed by atoms with E-state index in [1.165, 1.54) is 12.2 Å². The minimum atomic E-state index is -2.10. The predicted octanol–water partition coefficient (Wildman–Crippen LogP) is 1.71. The minimum Gasteiger partial charge on any atom is -0.480 e. The molecule has 0 aromatic carbocycles. The summed E-state index contributed by atoms with van der Waals surface area (Å²) < 4.78 is 0. The van der Waals surface area contributed by atoms with Crippen molar-refractivity contribution in [3.05, 3.63) is 47.6 Å². The average Bonchev–Trinajstić information content (AvgIpc) is 2.60. The van der Waals surface area contributed by atoms with E-state index in [4.69, 9.17) is 0 Å². The Hall–Kier alpha value is -3.16.